The Morgan fingerprint density at radius 1 is 0.786 bits per heavy atom. The molecule has 0 aliphatic heterocycles. The van der Waals surface area contributed by atoms with Crippen LogP contribution in [0.15, 0.2) is 0 Å². The number of thiol groups is 1. The van der Waals surface area contributed by atoms with E-state index in [2.05, 4.69) is 43.6 Å². The quantitative estimate of drug-likeness (QED) is 0.467. The van der Waals surface area contributed by atoms with Gasteiger partial charge >= 0.3 is 0 Å². The molecule has 0 radical (unpaired) electrons. The topological polar surface area (TPSA) is 6.48 Å². The highest BCUT2D eigenvalue weighted by atomic mass is 32.1. The number of unbranched alkanes of at least 4 members (excludes halogenated alkanes) is 2. The average Bonchev–Trinajstić information content (AvgIpc) is 2.12. The number of hydrogen-bond donors (Lipinski definition) is 1. The summed E-state index contributed by atoms with van der Waals surface area (Å²) >= 11 is 4.21. The molecule has 0 bridgehead atoms. The average molecular weight is 218 g/mol. The molecular formula is C11H26N2S. The number of rotatable bonds is 9. The fourth-order valence-electron chi connectivity index (χ4n) is 1.44. The maximum Gasteiger partial charge on any atom is -0.000960 e. The largest absolute Gasteiger partial charge is 0.309 e. The van der Waals surface area contributed by atoms with Gasteiger partial charge in [-0.15, -0.1) is 0 Å². The molecule has 0 N–H and O–H groups in total. The van der Waals surface area contributed by atoms with Crippen molar-refractivity contribution in [3.8, 4) is 0 Å². The lowest BCUT2D eigenvalue weighted by Gasteiger charge is -2.17. The lowest BCUT2D eigenvalue weighted by atomic mass is 10.2. The molecule has 0 aromatic heterocycles. The van der Waals surface area contributed by atoms with Gasteiger partial charge in [-0.05, 0) is 65.8 Å². The van der Waals surface area contributed by atoms with Crippen LogP contribution in [0.5, 0.6) is 0 Å². The Balaban J connectivity index is 3.15. The summed E-state index contributed by atoms with van der Waals surface area (Å²) in [7, 11) is 6.48. The van der Waals surface area contributed by atoms with Gasteiger partial charge in [0.1, 0.15) is 0 Å². The molecule has 2 nitrogen and oxygen atoms in total. The number of nitrogens with zero attached hydrogens (tertiary/aromatic N) is 2. The lowest BCUT2D eigenvalue weighted by Crippen LogP contribution is -2.24. The second-order valence-corrected chi connectivity index (χ2v) is 4.69. The Bertz CT molecular complexity index is 118. The van der Waals surface area contributed by atoms with Gasteiger partial charge in [0.2, 0.25) is 0 Å². The Labute approximate surface area is 95.1 Å². The molecule has 0 aliphatic carbocycles. The first kappa shape index (κ1) is 14.3. The Morgan fingerprint density at radius 2 is 1.43 bits per heavy atom. The van der Waals surface area contributed by atoms with Gasteiger partial charge in [-0.25, -0.2) is 0 Å². The van der Waals surface area contributed by atoms with Crippen molar-refractivity contribution >= 4 is 12.6 Å². The maximum absolute atomic E-state index is 4.21. The first-order valence-corrected chi connectivity index (χ1v) is 6.24. The van der Waals surface area contributed by atoms with Gasteiger partial charge in [0.15, 0.2) is 0 Å². The van der Waals surface area contributed by atoms with Crippen molar-refractivity contribution in [2.24, 2.45) is 0 Å². The third kappa shape index (κ3) is 10.4. The molecule has 0 atom stereocenters. The maximum atomic E-state index is 4.21. The fraction of sp³-hybridized carbons (Fsp3) is 1.00. The minimum absolute atomic E-state index is 1.03. The van der Waals surface area contributed by atoms with E-state index in [-0.39, 0.29) is 0 Å². The van der Waals surface area contributed by atoms with Crippen LogP contribution in [0.1, 0.15) is 25.7 Å². The predicted molar refractivity (Wildman–Crippen MR) is 68.4 cm³/mol. The van der Waals surface area contributed by atoms with Crippen LogP contribution in [-0.2, 0) is 0 Å². The van der Waals surface area contributed by atoms with E-state index in [0.717, 1.165) is 5.75 Å². The van der Waals surface area contributed by atoms with Gasteiger partial charge in [-0.1, -0.05) is 6.42 Å². The van der Waals surface area contributed by atoms with Crippen molar-refractivity contribution < 1.29 is 0 Å². The number of hydrogen-bond acceptors (Lipinski definition) is 3. The van der Waals surface area contributed by atoms with Gasteiger partial charge in [0.05, 0.1) is 0 Å². The predicted octanol–water partition coefficient (Wildman–Crippen LogP) is 1.97. The zero-order chi connectivity index (χ0) is 10.8. The summed E-state index contributed by atoms with van der Waals surface area (Å²) in [4.78, 5) is 4.68. The molecule has 0 saturated heterocycles. The molecule has 0 heterocycles. The standard InChI is InChI=1S/C11H26N2S/c1-12(2)8-7-10-13(3)9-5-4-6-11-14/h14H,4-11H2,1-3H3. The summed E-state index contributed by atoms with van der Waals surface area (Å²) in [6.45, 7) is 3.65. The van der Waals surface area contributed by atoms with Crippen LogP contribution in [0.4, 0.5) is 0 Å². The second-order valence-electron chi connectivity index (χ2n) is 4.24. The van der Waals surface area contributed by atoms with E-state index in [1.54, 1.807) is 0 Å². The minimum atomic E-state index is 1.03. The van der Waals surface area contributed by atoms with Crippen LogP contribution in [0.3, 0.4) is 0 Å². The highest BCUT2D eigenvalue weighted by molar-refractivity contribution is 7.80. The summed E-state index contributed by atoms with van der Waals surface area (Å²) < 4.78 is 0. The van der Waals surface area contributed by atoms with Crippen molar-refractivity contribution in [3.05, 3.63) is 0 Å². The van der Waals surface area contributed by atoms with Crippen LogP contribution in [0.2, 0.25) is 0 Å². The van der Waals surface area contributed by atoms with Gasteiger partial charge < -0.3 is 9.80 Å². The third-order valence-electron chi connectivity index (χ3n) is 2.34. The molecule has 0 spiro atoms. The summed E-state index contributed by atoms with van der Waals surface area (Å²) in [5.74, 6) is 1.03. The molecule has 0 amide bonds. The smallest absolute Gasteiger partial charge is 0.000960 e. The van der Waals surface area contributed by atoms with Crippen LogP contribution in [0.25, 0.3) is 0 Å². The van der Waals surface area contributed by atoms with E-state index >= 15 is 0 Å². The first-order chi connectivity index (χ1) is 6.66. The van der Waals surface area contributed by atoms with Gasteiger partial charge in [0.25, 0.3) is 0 Å². The molecule has 0 saturated carbocycles. The zero-order valence-corrected chi connectivity index (χ0v) is 10.9. The van der Waals surface area contributed by atoms with Gasteiger partial charge in [0, 0.05) is 0 Å². The van der Waals surface area contributed by atoms with E-state index in [1.807, 2.05) is 0 Å². The molecule has 0 rings (SSSR count). The Hall–Kier alpha value is 0.270. The zero-order valence-electron chi connectivity index (χ0n) is 10.00. The first-order valence-electron chi connectivity index (χ1n) is 5.61. The highest BCUT2D eigenvalue weighted by Gasteiger charge is 1.98. The normalized spacial score (nSPS) is 11.6. The van der Waals surface area contributed by atoms with Crippen molar-refractivity contribution in [3.63, 3.8) is 0 Å². The Morgan fingerprint density at radius 3 is 2.00 bits per heavy atom. The van der Waals surface area contributed by atoms with E-state index in [1.165, 1.54) is 45.3 Å². The summed E-state index contributed by atoms with van der Waals surface area (Å²) in [5, 5.41) is 0. The molecule has 0 fully saturated rings. The molecule has 3 heteroatoms. The lowest BCUT2D eigenvalue weighted by molar-refractivity contribution is 0.295. The third-order valence-corrected chi connectivity index (χ3v) is 2.66. The van der Waals surface area contributed by atoms with Crippen LogP contribution < -0.4 is 0 Å². The van der Waals surface area contributed by atoms with Crippen LogP contribution in [-0.4, -0.2) is 56.3 Å². The van der Waals surface area contributed by atoms with E-state index < -0.39 is 0 Å². The summed E-state index contributed by atoms with van der Waals surface area (Å²) in [6, 6.07) is 0. The molecule has 0 aromatic rings. The minimum Gasteiger partial charge on any atom is -0.309 e. The van der Waals surface area contributed by atoms with Gasteiger partial charge in [-0.3, -0.25) is 0 Å². The monoisotopic (exact) mass is 218 g/mol. The van der Waals surface area contributed by atoms with Gasteiger partial charge in [-0.2, -0.15) is 12.6 Å². The molecule has 0 unspecified atom stereocenters. The molecule has 0 aromatic carbocycles. The molecular weight excluding hydrogens is 192 g/mol. The molecule has 0 aliphatic rings. The van der Waals surface area contributed by atoms with Crippen LogP contribution >= 0.6 is 12.6 Å². The van der Waals surface area contributed by atoms with Crippen LogP contribution in [0, 0.1) is 0 Å². The SMILES string of the molecule is CN(C)CCCN(C)CCCCCS. The fourth-order valence-corrected chi connectivity index (χ4v) is 1.66. The summed E-state index contributed by atoms with van der Waals surface area (Å²) in [5.41, 5.74) is 0. The van der Waals surface area contributed by atoms with Crippen molar-refractivity contribution in [1.82, 2.24) is 9.80 Å². The van der Waals surface area contributed by atoms with E-state index in [0.29, 0.717) is 0 Å². The van der Waals surface area contributed by atoms with Crippen molar-refractivity contribution in [2.75, 3.05) is 46.5 Å². The molecule has 86 valence electrons. The summed E-state index contributed by atoms with van der Waals surface area (Å²) in [6.07, 6.45) is 5.17. The highest BCUT2D eigenvalue weighted by Crippen LogP contribution is 1.99. The Kier molecular flexibility index (Phi) is 10.0. The van der Waals surface area contributed by atoms with Crippen molar-refractivity contribution in [1.29, 1.82) is 0 Å². The van der Waals surface area contributed by atoms with E-state index in [9.17, 15) is 0 Å². The van der Waals surface area contributed by atoms with Crippen molar-refractivity contribution in [2.45, 2.75) is 25.7 Å². The molecule has 14 heavy (non-hydrogen) atoms. The second kappa shape index (κ2) is 9.81. The van der Waals surface area contributed by atoms with E-state index in [4.69, 9.17) is 0 Å².